The summed E-state index contributed by atoms with van der Waals surface area (Å²) >= 11 is 0. The Balaban J connectivity index is 1.63. The molecule has 5 saturated heterocycles. The van der Waals surface area contributed by atoms with E-state index in [-0.39, 0.29) is 37.5 Å². The lowest BCUT2D eigenvalue weighted by Gasteiger charge is -2.40. The quantitative estimate of drug-likeness (QED) is 0.533. The van der Waals surface area contributed by atoms with Crippen LogP contribution in [-0.2, 0) is 0 Å². The van der Waals surface area contributed by atoms with Crippen LogP contribution in [0.2, 0.25) is 0 Å². The highest BCUT2D eigenvalue weighted by Crippen LogP contribution is 2.40. The summed E-state index contributed by atoms with van der Waals surface area (Å²) in [6.07, 6.45) is -1.98. The predicted molar refractivity (Wildman–Crippen MR) is 84.9 cm³/mol. The van der Waals surface area contributed by atoms with Gasteiger partial charge < -0.3 is 19.6 Å². The fourth-order valence-corrected chi connectivity index (χ4v) is 4.92. The minimum atomic E-state index is -0.540. The molecule has 0 radical (unpaired) electrons. The first kappa shape index (κ1) is 15.3. The van der Waals surface area contributed by atoms with Crippen LogP contribution in [0.5, 0.6) is 0 Å². The number of nitrogens with zero attached hydrogens (tertiary/aromatic N) is 8. The van der Waals surface area contributed by atoms with Gasteiger partial charge >= 0.3 is 24.1 Å². The zero-order chi connectivity index (χ0) is 18.7. The maximum atomic E-state index is 12.8. The monoisotopic (exact) mass is 364 g/mol. The van der Waals surface area contributed by atoms with Crippen molar-refractivity contribution in [3.63, 3.8) is 0 Å². The van der Waals surface area contributed by atoms with Crippen molar-refractivity contribution in [3.8, 4) is 0 Å². The third-order valence-electron chi connectivity index (χ3n) is 6.20. The van der Waals surface area contributed by atoms with Crippen molar-refractivity contribution in [3.05, 3.63) is 0 Å². The van der Waals surface area contributed by atoms with Crippen LogP contribution >= 0.6 is 0 Å². The Hall–Kier alpha value is -2.92. The van der Waals surface area contributed by atoms with Crippen molar-refractivity contribution in [2.24, 2.45) is 0 Å². The molecule has 0 saturated carbocycles. The molecular formula is C14H20N8O4. The molecule has 12 nitrogen and oxygen atoms in total. The minimum Gasteiger partial charge on any atom is -0.303 e. The molecule has 26 heavy (non-hydrogen) atoms. The van der Waals surface area contributed by atoms with Gasteiger partial charge in [-0.2, -0.15) is 0 Å². The molecule has 140 valence electrons. The van der Waals surface area contributed by atoms with E-state index in [9.17, 15) is 19.2 Å². The van der Waals surface area contributed by atoms with Crippen LogP contribution in [-0.4, -0.2) is 130 Å². The van der Waals surface area contributed by atoms with Crippen molar-refractivity contribution >= 4 is 24.1 Å². The van der Waals surface area contributed by atoms with Gasteiger partial charge in [0.15, 0.2) is 12.3 Å². The summed E-state index contributed by atoms with van der Waals surface area (Å²) in [7, 11) is 6.58. The fourth-order valence-electron chi connectivity index (χ4n) is 4.92. The van der Waals surface area contributed by atoms with Crippen molar-refractivity contribution in [2.45, 2.75) is 24.7 Å². The van der Waals surface area contributed by atoms with Gasteiger partial charge in [-0.05, 0) is 0 Å². The summed E-state index contributed by atoms with van der Waals surface area (Å²) < 4.78 is 0. The number of amides is 8. The van der Waals surface area contributed by atoms with E-state index in [1.54, 1.807) is 47.8 Å². The molecule has 0 spiro atoms. The van der Waals surface area contributed by atoms with Gasteiger partial charge in [-0.1, -0.05) is 0 Å². The Morgan fingerprint density at radius 1 is 0.500 bits per heavy atom. The summed E-state index contributed by atoms with van der Waals surface area (Å²) in [5.74, 6) is 0. The van der Waals surface area contributed by atoms with Crippen LogP contribution < -0.4 is 0 Å². The SMILES string of the molecule is CN1C(=O)N2CN3C(=O)N(C)C4C3N(CN3C(=O)N(C)C1C23)C(=O)N4C. The van der Waals surface area contributed by atoms with Crippen LogP contribution in [0, 0.1) is 0 Å². The van der Waals surface area contributed by atoms with E-state index in [1.165, 1.54) is 19.6 Å². The molecule has 5 rings (SSSR count). The molecule has 12 heteroatoms. The number of rotatable bonds is 0. The lowest BCUT2D eigenvalue weighted by atomic mass is 10.3. The van der Waals surface area contributed by atoms with Crippen LogP contribution in [0.15, 0.2) is 0 Å². The van der Waals surface area contributed by atoms with Gasteiger partial charge in [0.2, 0.25) is 0 Å². The Morgan fingerprint density at radius 2 is 0.731 bits per heavy atom. The zero-order valence-corrected chi connectivity index (χ0v) is 14.9. The fraction of sp³-hybridized carbons (Fsp3) is 0.714. The van der Waals surface area contributed by atoms with Gasteiger partial charge in [0, 0.05) is 28.2 Å². The number of likely N-dealkylation sites (N-methyl/N-ethyl adjacent to an activating group) is 4. The number of carbonyl (C=O) groups excluding carboxylic acids is 4. The molecule has 5 aliphatic rings. The van der Waals surface area contributed by atoms with Gasteiger partial charge in [-0.3, -0.25) is 19.6 Å². The third-order valence-corrected chi connectivity index (χ3v) is 6.20. The van der Waals surface area contributed by atoms with Crippen LogP contribution in [0.25, 0.3) is 0 Å². The van der Waals surface area contributed by atoms with E-state index in [0.717, 1.165) is 0 Å². The van der Waals surface area contributed by atoms with E-state index in [1.807, 2.05) is 0 Å². The topological polar surface area (TPSA) is 94.2 Å². The predicted octanol–water partition coefficient (Wildman–Crippen LogP) is -1.31. The van der Waals surface area contributed by atoms with E-state index >= 15 is 0 Å². The first-order chi connectivity index (χ1) is 12.3. The molecule has 0 aromatic rings. The first-order valence-electron chi connectivity index (χ1n) is 8.39. The number of hydrogen-bond acceptors (Lipinski definition) is 4. The van der Waals surface area contributed by atoms with Gasteiger partial charge in [-0.25, -0.2) is 19.2 Å². The highest BCUT2D eigenvalue weighted by Gasteiger charge is 2.64. The van der Waals surface area contributed by atoms with E-state index in [4.69, 9.17) is 0 Å². The molecular weight excluding hydrogens is 344 g/mol. The number of urea groups is 4. The molecule has 0 aliphatic carbocycles. The standard InChI is InChI=1S/C14H20N8O4/c1-15-7-9-19(11(15)23)5-21-10-8(17(3)13(21)25)18(4)14(26)22(10)6-20(9)12(24)16(7)2/h7-10H,5-6H2,1-4H3. The lowest BCUT2D eigenvalue weighted by molar-refractivity contribution is -0.00160. The second kappa shape index (κ2) is 4.43. The molecule has 0 N–H and O–H groups in total. The average molecular weight is 364 g/mol. The van der Waals surface area contributed by atoms with Gasteiger partial charge in [-0.15, -0.1) is 0 Å². The molecule has 0 bridgehead atoms. The highest BCUT2D eigenvalue weighted by molar-refractivity contribution is 5.88. The van der Waals surface area contributed by atoms with E-state index in [0.29, 0.717) is 0 Å². The number of carbonyl (C=O) groups is 4. The molecule has 5 aliphatic heterocycles. The van der Waals surface area contributed by atoms with Crippen molar-refractivity contribution in [1.29, 1.82) is 0 Å². The van der Waals surface area contributed by atoms with Gasteiger partial charge in [0.1, 0.15) is 25.7 Å². The van der Waals surface area contributed by atoms with Crippen LogP contribution in [0.4, 0.5) is 19.2 Å². The molecule has 5 fully saturated rings. The third kappa shape index (κ3) is 1.43. The smallest absolute Gasteiger partial charge is 0.303 e. The summed E-state index contributed by atoms with van der Waals surface area (Å²) in [6, 6.07) is -0.965. The van der Waals surface area contributed by atoms with Crippen molar-refractivity contribution < 1.29 is 19.2 Å². The molecule has 0 aromatic heterocycles. The molecule has 0 aromatic carbocycles. The largest absolute Gasteiger partial charge is 0.324 e. The average Bonchev–Trinajstić information content (AvgIpc) is 3.16. The highest BCUT2D eigenvalue weighted by atomic mass is 16.2. The van der Waals surface area contributed by atoms with Gasteiger partial charge in [0.25, 0.3) is 0 Å². The number of hydrogen-bond donors (Lipinski definition) is 0. The summed E-state index contributed by atoms with van der Waals surface area (Å²) in [4.78, 5) is 63.3. The van der Waals surface area contributed by atoms with E-state index in [2.05, 4.69) is 0 Å². The van der Waals surface area contributed by atoms with Crippen LogP contribution in [0.1, 0.15) is 0 Å². The molecule has 5 heterocycles. The maximum Gasteiger partial charge on any atom is 0.324 e. The molecule has 8 amide bonds. The Bertz CT molecular complexity index is 641. The first-order valence-corrected chi connectivity index (χ1v) is 8.39. The normalized spacial score (nSPS) is 35.8. The molecule has 0 unspecified atom stereocenters. The Morgan fingerprint density at radius 3 is 0.962 bits per heavy atom. The van der Waals surface area contributed by atoms with Gasteiger partial charge in [0.05, 0.1) is 0 Å². The zero-order valence-electron chi connectivity index (χ0n) is 14.9. The minimum absolute atomic E-state index is 0.0317. The summed E-state index contributed by atoms with van der Waals surface area (Å²) in [6.45, 7) is 0.0633. The van der Waals surface area contributed by atoms with Crippen molar-refractivity contribution in [1.82, 2.24) is 39.2 Å². The Kier molecular flexibility index (Phi) is 2.61. The maximum absolute atomic E-state index is 12.8. The van der Waals surface area contributed by atoms with E-state index < -0.39 is 24.7 Å². The summed E-state index contributed by atoms with van der Waals surface area (Å²) in [5.41, 5.74) is 0. The summed E-state index contributed by atoms with van der Waals surface area (Å²) in [5, 5.41) is 0. The second-order valence-corrected chi connectivity index (χ2v) is 7.39. The Labute approximate surface area is 149 Å². The van der Waals surface area contributed by atoms with Crippen molar-refractivity contribution in [2.75, 3.05) is 41.5 Å². The second-order valence-electron chi connectivity index (χ2n) is 7.39. The molecule has 0 atom stereocenters. The lowest BCUT2D eigenvalue weighted by Crippen LogP contribution is -2.61. The van der Waals surface area contributed by atoms with Crippen LogP contribution in [0.3, 0.4) is 0 Å².